The topological polar surface area (TPSA) is 75.4 Å². The van der Waals surface area contributed by atoms with Crippen LogP contribution in [0.1, 0.15) is 73.9 Å². The lowest BCUT2D eigenvalue weighted by molar-refractivity contribution is -0.114. The van der Waals surface area contributed by atoms with Crippen LogP contribution in [0.2, 0.25) is 0 Å². The van der Waals surface area contributed by atoms with Gasteiger partial charge in [-0.15, -0.1) is 0 Å². The summed E-state index contributed by atoms with van der Waals surface area (Å²) in [5.41, 5.74) is 7.34. The van der Waals surface area contributed by atoms with Crippen LogP contribution >= 0.6 is 0 Å². The second-order valence-corrected chi connectivity index (χ2v) is 10.3. The summed E-state index contributed by atoms with van der Waals surface area (Å²) in [7, 11) is 0. The second kappa shape index (κ2) is 9.88. The molecule has 0 radical (unpaired) electrons. The Morgan fingerprint density at radius 3 is 2.72 bits per heavy atom. The van der Waals surface area contributed by atoms with Gasteiger partial charge in [-0.1, -0.05) is 38.5 Å². The fraction of sp³-hybridized carbons (Fsp3) is 0.448. The number of carbonyl (C=O) groups is 1. The van der Waals surface area contributed by atoms with E-state index in [1.54, 1.807) is 6.20 Å². The number of carbonyl (C=O) groups excluding carboxylic acids is 1. The molecule has 4 heterocycles. The molecule has 1 aliphatic carbocycles. The van der Waals surface area contributed by atoms with Crippen molar-refractivity contribution in [1.29, 1.82) is 0 Å². The van der Waals surface area contributed by atoms with Crippen LogP contribution in [0.5, 0.6) is 0 Å². The highest BCUT2D eigenvalue weighted by Gasteiger charge is 2.41. The number of hydrogen-bond acceptors (Lipinski definition) is 5. The summed E-state index contributed by atoms with van der Waals surface area (Å²) in [6.07, 6.45) is 18.3. The second-order valence-electron chi connectivity index (χ2n) is 10.3. The molecule has 188 valence electrons. The normalized spacial score (nSPS) is 21.8. The van der Waals surface area contributed by atoms with Crippen LogP contribution in [-0.4, -0.2) is 39.2 Å². The fourth-order valence-corrected chi connectivity index (χ4v) is 6.00. The maximum Gasteiger partial charge on any atom is 0.272 e. The van der Waals surface area contributed by atoms with Crippen LogP contribution in [-0.2, 0) is 10.3 Å². The summed E-state index contributed by atoms with van der Waals surface area (Å²) in [6, 6.07) is 0. The third-order valence-electron chi connectivity index (χ3n) is 7.99. The Labute approximate surface area is 213 Å². The van der Waals surface area contributed by atoms with Crippen molar-refractivity contribution in [3.8, 4) is 0 Å². The Morgan fingerprint density at radius 2 is 1.94 bits per heavy atom. The molecule has 5 rings (SSSR count). The minimum atomic E-state index is -0.194. The highest BCUT2D eigenvalue weighted by atomic mass is 16.2. The van der Waals surface area contributed by atoms with E-state index in [0.717, 1.165) is 57.1 Å². The van der Waals surface area contributed by atoms with E-state index in [1.165, 1.54) is 28.7 Å². The largest absolute Gasteiger partial charge is 0.351 e. The van der Waals surface area contributed by atoms with Crippen molar-refractivity contribution in [2.45, 2.75) is 70.8 Å². The quantitative estimate of drug-likeness (QED) is 0.595. The van der Waals surface area contributed by atoms with Crippen LogP contribution in [0.25, 0.3) is 11.6 Å². The Morgan fingerprint density at radius 1 is 1.14 bits per heavy atom. The molecule has 0 unspecified atom stereocenters. The molecule has 4 bridgehead atoms. The molecule has 1 amide bonds. The standard InChI is InChI=1S/C29H36N6O/c1-5-23-11-7-6-10-14-31-28(36)27-21(3)26-25(16-30-19-32-26)35(33-27)18-29(12-8-9-13-29)34-17-20(2)24(15-23)22(34)4/h5,15-17,19H,1,3,6-14,18H2,2,4H3,(H,31,36)/b23-15+. The lowest BCUT2D eigenvalue weighted by Gasteiger charge is -2.38. The molecule has 2 aliphatic heterocycles. The first-order valence-corrected chi connectivity index (χ1v) is 13.1. The number of hydrazone groups is 1. The van der Waals surface area contributed by atoms with Gasteiger partial charge in [-0.25, -0.2) is 9.97 Å². The predicted molar refractivity (Wildman–Crippen MR) is 146 cm³/mol. The van der Waals surface area contributed by atoms with Crippen molar-refractivity contribution in [2.75, 3.05) is 18.1 Å². The van der Waals surface area contributed by atoms with Crippen molar-refractivity contribution >= 4 is 29.0 Å². The first-order chi connectivity index (χ1) is 17.4. The highest BCUT2D eigenvalue weighted by molar-refractivity contribution is 6.56. The summed E-state index contributed by atoms with van der Waals surface area (Å²) in [6.45, 7) is 13.9. The van der Waals surface area contributed by atoms with E-state index in [0.29, 0.717) is 30.1 Å². The van der Waals surface area contributed by atoms with Gasteiger partial charge in [0.25, 0.3) is 5.91 Å². The third-order valence-corrected chi connectivity index (χ3v) is 7.99. The monoisotopic (exact) mass is 484 g/mol. The van der Waals surface area contributed by atoms with E-state index in [4.69, 9.17) is 5.10 Å². The number of nitrogens with zero attached hydrogens (tertiary/aromatic N) is 5. The van der Waals surface area contributed by atoms with E-state index >= 15 is 0 Å². The summed E-state index contributed by atoms with van der Waals surface area (Å²) >= 11 is 0. The number of nitrogens with one attached hydrogen (secondary N) is 1. The van der Waals surface area contributed by atoms with E-state index < -0.39 is 0 Å². The van der Waals surface area contributed by atoms with Crippen molar-refractivity contribution in [2.24, 2.45) is 5.10 Å². The average molecular weight is 485 g/mol. The Balaban J connectivity index is 1.64. The van der Waals surface area contributed by atoms with E-state index in [-0.39, 0.29) is 11.4 Å². The minimum absolute atomic E-state index is 0.139. The molecular formula is C29H36N6O. The van der Waals surface area contributed by atoms with Crippen molar-refractivity contribution < 1.29 is 4.79 Å². The van der Waals surface area contributed by atoms with Gasteiger partial charge in [-0.2, -0.15) is 5.10 Å². The molecule has 1 spiro atoms. The molecule has 7 heteroatoms. The summed E-state index contributed by atoms with van der Waals surface area (Å²) < 4.78 is 2.47. The van der Waals surface area contributed by atoms with Gasteiger partial charge in [0, 0.05) is 24.0 Å². The number of aryl methyl sites for hydroxylation is 1. The molecule has 3 aliphatic rings. The zero-order valence-electron chi connectivity index (χ0n) is 21.5. The van der Waals surface area contributed by atoms with Gasteiger partial charge in [0.05, 0.1) is 18.3 Å². The SMILES string of the molecule is C=C/C1=C\c2c(C)cn(c2C)C2(CCCC2)CN2N=C(C(=C)c3ncncc32)C(=O)NCCCCC1. The number of fused-ring (bicyclic) bond motifs is 6. The Kier molecular flexibility index (Phi) is 6.65. The van der Waals surface area contributed by atoms with Gasteiger partial charge in [0.2, 0.25) is 0 Å². The van der Waals surface area contributed by atoms with Crippen LogP contribution < -0.4 is 10.3 Å². The van der Waals surface area contributed by atoms with Gasteiger partial charge in [0.15, 0.2) is 5.71 Å². The smallest absolute Gasteiger partial charge is 0.272 e. The summed E-state index contributed by atoms with van der Waals surface area (Å²) in [4.78, 5) is 22.0. The predicted octanol–water partition coefficient (Wildman–Crippen LogP) is 5.31. The molecule has 7 nitrogen and oxygen atoms in total. The number of anilines is 1. The highest BCUT2D eigenvalue weighted by Crippen LogP contribution is 2.42. The van der Waals surface area contributed by atoms with Crippen molar-refractivity contribution in [3.63, 3.8) is 0 Å². The third kappa shape index (κ3) is 4.31. The van der Waals surface area contributed by atoms with Crippen LogP contribution in [0.4, 0.5) is 5.69 Å². The number of aromatic nitrogens is 3. The van der Waals surface area contributed by atoms with Crippen LogP contribution in [0.15, 0.2) is 48.6 Å². The van der Waals surface area contributed by atoms with Crippen LogP contribution in [0.3, 0.4) is 0 Å². The van der Waals surface area contributed by atoms with Gasteiger partial charge < -0.3 is 9.88 Å². The Bertz CT molecular complexity index is 1260. The first-order valence-electron chi connectivity index (χ1n) is 13.1. The molecule has 1 N–H and O–H groups in total. The number of amides is 1. The minimum Gasteiger partial charge on any atom is -0.351 e. The van der Waals surface area contributed by atoms with Crippen LogP contribution in [0, 0.1) is 13.8 Å². The molecule has 2 aromatic rings. The summed E-state index contributed by atoms with van der Waals surface area (Å²) in [5.74, 6) is -0.194. The molecule has 0 saturated heterocycles. The fourth-order valence-electron chi connectivity index (χ4n) is 6.00. The molecule has 1 saturated carbocycles. The number of hydrogen-bond donors (Lipinski definition) is 1. The summed E-state index contributed by atoms with van der Waals surface area (Å²) in [5, 5.41) is 9.88. The molecule has 1 fully saturated rings. The molecular weight excluding hydrogens is 448 g/mol. The lowest BCUT2D eigenvalue weighted by atomic mass is 9.95. The average Bonchev–Trinajstić information content (AvgIpc) is 3.46. The molecule has 36 heavy (non-hydrogen) atoms. The maximum atomic E-state index is 13.2. The van der Waals surface area contributed by atoms with Crippen molar-refractivity contribution in [1.82, 2.24) is 19.9 Å². The number of allylic oxidation sites excluding steroid dienone is 2. The maximum absolute atomic E-state index is 13.2. The zero-order chi connectivity index (χ0) is 25.3. The first kappa shape index (κ1) is 24.2. The van der Waals surface area contributed by atoms with E-state index in [9.17, 15) is 4.79 Å². The van der Waals surface area contributed by atoms with E-state index in [1.807, 2.05) is 11.1 Å². The molecule has 0 atom stereocenters. The van der Waals surface area contributed by atoms with Gasteiger partial charge in [-0.05, 0) is 68.7 Å². The van der Waals surface area contributed by atoms with Gasteiger partial charge >= 0.3 is 0 Å². The number of rotatable bonds is 1. The molecule has 0 aromatic carbocycles. The van der Waals surface area contributed by atoms with Gasteiger partial charge in [-0.3, -0.25) is 9.80 Å². The lowest BCUT2D eigenvalue weighted by Crippen LogP contribution is -2.45. The van der Waals surface area contributed by atoms with E-state index in [2.05, 4.69) is 59.1 Å². The zero-order valence-corrected chi connectivity index (χ0v) is 21.5. The van der Waals surface area contributed by atoms with Gasteiger partial charge in [0.1, 0.15) is 17.7 Å². The Hall–Kier alpha value is -3.48. The van der Waals surface area contributed by atoms with Crippen molar-refractivity contribution in [3.05, 3.63) is 66.0 Å². The molecule has 2 aromatic heterocycles.